The monoisotopic (exact) mass is 339 g/mol. The Kier molecular flexibility index (Phi) is 3.80. The highest BCUT2D eigenvalue weighted by Crippen LogP contribution is 2.30. The minimum absolute atomic E-state index is 0.0227. The van der Waals surface area contributed by atoms with Gasteiger partial charge in [0.1, 0.15) is 11.3 Å². The Morgan fingerprint density at radius 3 is 3.04 bits per heavy atom. The molecule has 7 nitrogen and oxygen atoms in total. The number of fused-ring (bicyclic) bond motifs is 1. The summed E-state index contributed by atoms with van der Waals surface area (Å²) in [7, 11) is 0. The van der Waals surface area contributed by atoms with Crippen LogP contribution in [0.4, 0.5) is 0 Å². The Morgan fingerprint density at radius 1 is 1.40 bits per heavy atom. The zero-order chi connectivity index (χ0) is 17.4. The molecule has 3 N–H and O–H groups in total. The number of β-amino-alcohol motifs (C(OH)–C–C–N with tert-alkyl or cyclic N) is 1. The summed E-state index contributed by atoms with van der Waals surface area (Å²) in [5.41, 5.74) is 2.44. The van der Waals surface area contributed by atoms with E-state index in [2.05, 4.69) is 20.4 Å². The van der Waals surface area contributed by atoms with E-state index in [0.29, 0.717) is 25.1 Å². The van der Waals surface area contributed by atoms with Crippen LogP contribution in [0.5, 0.6) is 0 Å². The lowest BCUT2D eigenvalue weighted by molar-refractivity contribution is -0.138. The first kappa shape index (κ1) is 15.8. The van der Waals surface area contributed by atoms with Crippen LogP contribution in [0.1, 0.15) is 29.8 Å². The van der Waals surface area contributed by atoms with Crippen molar-refractivity contribution in [3.63, 3.8) is 0 Å². The van der Waals surface area contributed by atoms with Gasteiger partial charge in [-0.2, -0.15) is 15.4 Å². The number of benzene rings is 1. The van der Waals surface area contributed by atoms with Crippen molar-refractivity contribution >= 4 is 16.8 Å². The van der Waals surface area contributed by atoms with Gasteiger partial charge in [0.2, 0.25) is 5.91 Å². The van der Waals surface area contributed by atoms with Crippen LogP contribution in [0.3, 0.4) is 0 Å². The van der Waals surface area contributed by atoms with E-state index in [1.54, 1.807) is 4.90 Å². The molecule has 1 aliphatic heterocycles. The standard InChI is InChI=1S/C18H21N5O2/c1-12-14(13-5-2-3-6-15(13)20-12)9-17(24)23-8-4-7-18(25,11-23)16-10-19-22-21-16/h2-3,5-6,10,20,25H,4,7-9,11H2,1H3,(H,19,21,22). The molecule has 1 amide bonds. The molecule has 1 saturated heterocycles. The van der Waals surface area contributed by atoms with Crippen LogP contribution in [0, 0.1) is 6.92 Å². The molecule has 0 spiro atoms. The van der Waals surface area contributed by atoms with Gasteiger partial charge in [0.05, 0.1) is 19.2 Å². The lowest BCUT2D eigenvalue weighted by atomic mass is 9.89. The topological polar surface area (TPSA) is 97.9 Å². The van der Waals surface area contributed by atoms with Crippen molar-refractivity contribution in [3.8, 4) is 0 Å². The first-order valence-electron chi connectivity index (χ1n) is 8.49. The minimum atomic E-state index is -1.13. The van der Waals surface area contributed by atoms with E-state index in [4.69, 9.17) is 0 Å². The predicted octanol–water partition coefficient (Wildman–Crippen LogP) is 1.65. The third-order valence-corrected chi connectivity index (χ3v) is 5.07. The molecule has 0 bridgehead atoms. The molecule has 1 aromatic carbocycles. The number of carbonyl (C=O) groups is 1. The number of nitrogens with zero attached hydrogens (tertiary/aromatic N) is 3. The molecule has 0 aliphatic carbocycles. The maximum Gasteiger partial charge on any atom is 0.227 e. The highest BCUT2D eigenvalue weighted by atomic mass is 16.3. The van der Waals surface area contributed by atoms with E-state index in [9.17, 15) is 9.90 Å². The summed E-state index contributed by atoms with van der Waals surface area (Å²) >= 11 is 0. The summed E-state index contributed by atoms with van der Waals surface area (Å²) in [6.45, 7) is 2.89. The largest absolute Gasteiger partial charge is 0.382 e. The summed E-state index contributed by atoms with van der Waals surface area (Å²) in [5.74, 6) is 0.0227. The van der Waals surface area contributed by atoms with Gasteiger partial charge in [0.25, 0.3) is 0 Å². The number of nitrogens with one attached hydrogen (secondary N) is 2. The number of carbonyl (C=O) groups excluding carboxylic acids is 1. The lowest BCUT2D eigenvalue weighted by Crippen LogP contribution is -2.49. The lowest BCUT2D eigenvalue weighted by Gasteiger charge is -2.38. The molecular formula is C18H21N5O2. The summed E-state index contributed by atoms with van der Waals surface area (Å²) in [5, 5.41) is 22.3. The van der Waals surface area contributed by atoms with E-state index in [0.717, 1.165) is 28.6 Å². The molecule has 3 aromatic rings. The number of amides is 1. The number of rotatable bonds is 3. The number of aliphatic hydroxyl groups is 1. The maximum absolute atomic E-state index is 12.9. The predicted molar refractivity (Wildman–Crippen MR) is 92.8 cm³/mol. The molecule has 2 aromatic heterocycles. The van der Waals surface area contributed by atoms with Gasteiger partial charge >= 0.3 is 0 Å². The number of aromatic amines is 2. The van der Waals surface area contributed by atoms with E-state index in [1.165, 1.54) is 6.20 Å². The van der Waals surface area contributed by atoms with E-state index in [1.807, 2.05) is 31.2 Å². The molecule has 1 fully saturated rings. The number of hydrogen-bond donors (Lipinski definition) is 3. The van der Waals surface area contributed by atoms with Gasteiger partial charge in [0, 0.05) is 23.1 Å². The maximum atomic E-state index is 12.9. The number of aromatic nitrogens is 4. The number of piperidine rings is 1. The molecule has 0 radical (unpaired) electrons. The Hall–Kier alpha value is -2.67. The Labute approximate surface area is 145 Å². The Morgan fingerprint density at radius 2 is 2.24 bits per heavy atom. The van der Waals surface area contributed by atoms with Crippen molar-refractivity contribution in [1.29, 1.82) is 0 Å². The molecule has 25 heavy (non-hydrogen) atoms. The number of hydrogen-bond acceptors (Lipinski definition) is 4. The Bertz CT molecular complexity index is 901. The van der Waals surface area contributed by atoms with Crippen LogP contribution >= 0.6 is 0 Å². The quantitative estimate of drug-likeness (QED) is 0.676. The molecule has 3 heterocycles. The van der Waals surface area contributed by atoms with Gasteiger partial charge in [-0.05, 0) is 31.4 Å². The molecule has 7 heteroatoms. The Balaban J connectivity index is 1.55. The second-order valence-corrected chi connectivity index (χ2v) is 6.76. The van der Waals surface area contributed by atoms with Crippen LogP contribution in [-0.4, -0.2) is 49.4 Å². The van der Waals surface area contributed by atoms with Crippen molar-refractivity contribution in [1.82, 2.24) is 25.3 Å². The van der Waals surface area contributed by atoms with Crippen LogP contribution in [-0.2, 0) is 16.8 Å². The van der Waals surface area contributed by atoms with Gasteiger partial charge in [-0.15, -0.1) is 0 Å². The van der Waals surface area contributed by atoms with Crippen molar-refractivity contribution < 1.29 is 9.90 Å². The van der Waals surface area contributed by atoms with Crippen LogP contribution < -0.4 is 0 Å². The average Bonchev–Trinajstić information content (AvgIpc) is 3.24. The fourth-order valence-corrected chi connectivity index (χ4v) is 3.71. The third kappa shape index (κ3) is 2.80. The molecule has 1 aliphatic rings. The van der Waals surface area contributed by atoms with E-state index >= 15 is 0 Å². The molecule has 0 saturated carbocycles. The van der Waals surface area contributed by atoms with Crippen molar-refractivity contribution in [3.05, 3.63) is 47.4 Å². The highest BCUT2D eigenvalue weighted by molar-refractivity contribution is 5.90. The van der Waals surface area contributed by atoms with Gasteiger partial charge < -0.3 is 15.0 Å². The van der Waals surface area contributed by atoms with Crippen LogP contribution in [0.15, 0.2) is 30.5 Å². The third-order valence-electron chi connectivity index (χ3n) is 5.07. The first-order chi connectivity index (χ1) is 12.1. The van der Waals surface area contributed by atoms with E-state index in [-0.39, 0.29) is 12.5 Å². The fourth-order valence-electron chi connectivity index (χ4n) is 3.71. The van der Waals surface area contributed by atoms with E-state index < -0.39 is 5.60 Å². The molecular weight excluding hydrogens is 318 g/mol. The average molecular weight is 339 g/mol. The molecule has 1 atom stereocenters. The first-order valence-corrected chi connectivity index (χ1v) is 8.49. The summed E-state index contributed by atoms with van der Waals surface area (Å²) in [4.78, 5) is 17.9. The molecule has 130 valence electrons. The van der Waals surface area contributed by atoms with Crippen LogP contribution in [0.2, 0.25) is 0 Å². The minimum Gasteiger partial charge on any atom is -0.382 e. The summed E-state index contributed by atoms with van der Waals surface area (Å²) in [6, 6.07) is 8.00. The number of likely N-dealkylation sites (tertiary alicyclic amines) is 1. The smallest absolute Gasteiger partial charge is 0.227 e. The van der Waals surface area contributed by atoms with Gasteiger partial charge in [0.15, 0.2) is 0 Å². The van der Waals surface area contributed by atoms with Gasteiger partial charge in [-0.25, -0.2) is 0 Å². The SMILES string of the molecule is Cc1[nH]c2ccccc2c1CC(=O)N1CCCC(O)(c2cn[nH]n2)C1. The van der Waals surface area contributed by atoms with Crippen LogP contribution in [0.25, 0.3) is 10.9 Å². The normalized spacial score (nSPS) is 21.0. The number of aryl methyl sites for hydroxylation is 1. The molecule has 1 unspecified atom stereocenters. The number of para-hydroxylation sites is 1. The second kappa shape index (κ2) is 6.00. The fraction of sp³-hybridized carbons (Fsp3) is 0.389. The number of H-pyrrole nitrogens is 2. The summed E-state index contributed by atoms with van der Waals surface area (Å²) < 4.78 is 0. The van der Waals surface area contributed by atoms with Crippen molar-refractivity contribution in [2.24, 2.45) is 0 Å². The van der Waals surface area contributed by atoms with Gasteiger partial charge in [-0.3, -0.25) is 4.79 Å². The van der Waals surface area contributed by atoms with Gasteiger partial charge in [-0.1, -0.05) is 18.2 Å². The molecule has 4 rings (SSSR count). The highest BCUT2D eigenvalue weighted by Gasteiger charge is 2.38. The zero-order valence-corrected chi connectivity index (χ0v) is 14.1. The zero-order valence-electron chi connectivity index (χ0n) is 14.1. The second-order valence-electron chi connectivity index (χ2n) is 6.76. The van der Waals surface area contributed by atoms with Crippen molar-refractivity contribution in [2.45, 2.75) is 31.8 Å². The summed E-state index contributed by atoms with van der Waals surface area (Å²) in [6.07, 6.45) is 3.17. The van der Waals surface area contributed by atoms with Crippen molar-refractivity contribution in [2.75, 3.05) is 13.1 Å².